The summed E-state index contributed by atoms with van der Waals surface area (Å²) in [5.41, 5.74) is 2.43. The highest BCUT2D eigenvalue weighted by molar-refractivity contribution is 7.86. The second-order valence-electron chi connectivity index (χ2n) is 5.59. The molecule has 0 atom stereocenters. The normalized spacial score (nSPS) is 11.5. The number of thiophene rings is 2. The van der Waals surface area contributed by atoms with Gasteiger partial charge < -0.3 is 4.74 Å². The predicted molar refractivity (Wildman–Crippen MR) is 100 cm³/mol. The number of hydrogen-bond acceptors (Lipinski definition) is 7. The van der Waals surface area contributed by atoms with Crippen LogP contribution in [-0.4, -0.2) is 26.9 Å². The van der Waals surface area contributed by atoms with Gasteiger partial charge in [0, 0.05) is 6.42 Å². The quantitative estimate of drug-likeness (QED) is 0.305. The number of rotatable bonds is 12. The van der Waals surface area contributed by atoms with Gasteiger partial charge in [-0.1, -0.05) is 0 Å². The Morgan fingerprint density at radius 2 is 1.60 bits per heavy atom. The van der Waals surface area contributed by atoms with Crippen LogP contribution in [0.15, 0.2) is 33.7 Å². The molecule has 0 spiro atoms. The molecule has 0 aromatic carbocycles. The van der Waals surface area contributed by atoms with E-state index in [-0.39, 0.29) is 13.0 Å². The van der Waals surface area contributed by atoms with Gasteiger partial charge >= 0.3 is 16.1 Å². The Bertz CT molecular complexity index is 706. The van der Waals surface area contributed by atoms with Crippen molar-refractivity contribution >= 4 is 38.8 Å². The van der Waals surface area contributed by atoms with Crippen LogP contribution in [0, 0.1) is 0 Å². The van der Waals surface area contributed by atoms with Gasteiger partial charge in [-0.25, -0.2) is 0 Å². The highest BCUT2D eigenvalue weighted by atomic mass is 32.2. The summed E-state index contributed by atoms with van der Waals surface area (Å²) in [5, 5.41) is 8.11. The summed E-state index contributed by atoms with van der Waals surface area (Å²) in [7, 11) is -3.82. The third kappa shape index (κ3) is 8.62. The maximum absolute atomic E-state index is 11.7. The van der Waals surface area contributed by atoms with Crippen molar-refractivity contribution in [1.29, 1.82) is 0 Å². The summed E-state index contributed by atoms with van der Waals surface area (Å²) in [5.74, 6) is -1.23. The molecule has 138 valence electrons. The molecule has 2 heterocycles. The van der Waals surface area contributed by atoms with Crippen molar-refractivity contribution in [1.82, 2.24) is 0 Å². The Kier molecular flexibility index (Phi) is 8.60. The smallest absolute Gasteiger partial charge is 0.306 e. The van der Waals surface area contributed by atoms with Crippen molar-refractivity contribution in [3.8, 4) is 0 Å². The summed E-state index contributed by atoms with van der Waals surface area (Å²) in [6.07, 6.45) is 4.03. The molecule has 0 N–H and O–H groups in total. The highest BCUT2D eigenvalue weighted by Gasteiger charge is 2.14. The molecule has 0 saturated carbocycles. The van der Waals surface area contributed by atoms with Crippen LogP contribution >= 0.6 is 22.7 Å². The molecule has 8 heteroatoms. The van der Waals surface area contributed by atoms with Crippen LogP contribution in [-0.2, 0) is 36.7 Å². The van der Waals surface area contributed by atoms with Gasteiger partial charge in [0.05, 0.1) is 6.61 Å². The van der Waals surface area contributed by atoms with E-state index in [0.29, 0.717) is 12.8 Å². The van der Waals surface area contributed by atoms with E-state index < -0.39 is 22.0 Å². The molecule has 25 heavy (non-hydrogen) atoms. The summed E-state index contributed by atoms with van der Waals surface area (Å²) in [4.78, 5) is 11.6. The third-order valence-corrected chi connectivity index (χ3v) is 5.89. The monoisotopic (exact) mass is 402 g/mol. The van der Waals surface area contributed by atoms with E-state index in [4.69, 9.17) is 8.92 Å². The van der Waals surface area contributed by atoms with E-state index in [9.17, 15) is 13.2 Å². The second kappa shape index (κ2) is 10.7. The van der Waals surface area contributed by atoms with Gasteiger partial charge in [-0.3, -0.25) is 8.98 Å². The van der Waals surface area contributed by atoms with Gasteiger partial charge in [0.15, 0.2) is 0 Å². The molecular weight excluding hydrogens is 380 g/mol. The Morgan fingerprint density at radius 3 is 2.20 bits per heavy atom. The molecule has 0 saturated heterocycles. The fraction of sp³-hybridized carbons (Fsp3) is 0.471. The molecule has 0 radical (unpaired) electrons. The molecule has 2 rings (SSSR count). The molecule has 0 amide bonds. The maximum Gasteiger partial charge on any atom is 0.306 e. The molecule has 0 fully saturated rings. The van der Waals surface area contributed by atoms with Crippen LogP contribution in [0.2, 0.25) is 0 Å². The maximum atomic E-state index is 11.7. The van der Waals surface area contributed by atoms with Crippen LogP contribution in [0.3, 0.4) is 0 Å². The summed E-state index contributed by atoms with van der Waals surface area (Å²) >= 11 is 3.26. The first-order valence-electron chi connectivity index (χ1n) is 8.10. The molecule has 0 aliphatic rings. The van der Waals surface area contributed by atoms with Gasteiger partial charge in [-0.15, -0.1) is 0 Å². The third-order valence-electron chi connectivity index (χ3n) is 3.49. The zero-order valence-corrected chi connectivity index (χ0v) is 16.3. The summed E-state index contributed by atoms with van der Waals surface area (Å²) < 4.78 is 33.0. The lowest BCUT2D eigenvalue weighted by Crippen LogP contribution is -2.17. The van der Waals surface area contributed by atoms with E-state index in [2.05, 4.69) is 11.4 Å². The Hall–Kier alpha value is -1.22. The fourth-order valence-electron chi connectivity index (χ4n) is 2.17. The molecular formula is C17H22O5S3. The Morgan fingerprint density at radius 1 is 0.960 bits per heavy atom. The van der Waals surface area contributed by atoms with Crippen molar-refractivity contribution in [3.05, 3.63) is 44.8 Å². The second-order valence-corrected chi connectivity index (χ2v) is 8.73. The SMILES string of the molecule is O=C(CCCc1ccsc1)OCS(=O)(=O)OCCCCc1ccsc1. The lowest BCUT2D eigenvalue weighted by atomic mass is 10.1. The van der Waals surface area contributed by atoms with Crippen LogP contribution in [0.25, 0.3) is 0 Å². The topological polar surface area (TPSA) is 69.7 Å². The average molecular weight is 403 g/mol. The number of esters is 1. The average Bonchev–Trinajstić information content (AvgIpc) is 3.26. The minimum absolute atomic E-state index is 0.113. The minimum atomic E-state index is -3.82. The number of unbranched alkanes of at least 4 members (excludes halogenated alkanes) is 1. The standard InChI is InChI=1S/C17H22O5S3/c18-17(6-3-5-16-8-11-24-13-16)21-14-25(19,20)22-9-2-1-4-15-7-10-23-12-15/h7-8,10-13H,1-6,9,14H2. The molecule has 0 aliphatic carbocycles. The number of hydrogen-bond donors (Lipinski definition) is 0. The van der Waals surface area contributed by atoms with Gasteiger partial charge in [0.25, 0.3) is 0 Å². The van der Waals surface area contributed by atoms with E-state index in [0.717, 1.165) is 19.3 Å². The predicted octanol–water partition coefficient (Wildman–Crippen LogP) is 4.00. The van der Waals surface area contributed by atoms with Crippen molar-refractivity contribution in [2.75, 3.05) is 12.5 Å². The fourth-order valence-corrected chi connectivity index (χ4v) is 4.29. The first kappa shape index (κ1) is 20.1. The lowest BCUT2D eigenvalue weighted by Gasteiger charge is -2.07. The van der Waals surface area contributed by atoms with E-state index in [1.54, 1.807) is 22.7 Å². The van der Waals surface area contributed by atoms with Crippen molar-refractivity contribution in [2.24, 2.45) is 0 Å². The van der Waals surface area contributed by atoms with Gasteiger partial charge in [-0.05, 0) is 76.9 Å². The van der Waals surface area contributed by atoms with Crippen molar-refractivity contribution in [2.45, 2.75) is 38.5 Å². The lowest BCUT2D eigenvalue weighted by molar-refractivity contribution is -0.141. The molecule has 0 aliphatic heterocycles. The first-order valence-corrected chi connectivity index (χ1v) is 11.6. The van der Waals surface area contributed by atoms with E-state index in [1.165, 1.54) is 11.1 Å². The van der Waals surface area contributed by atoms with Crippen LogP contribution in [0.4, 0.5) is 0 Å². The Balaban J connectivity index is 1.53. The van der Waals surface area contributed by atoms with E-state index in [1.807, 2.05) is 22.2 Å². The van der Waals surface area contributed by atoms with Crippen LogP contribution in [0.1, 0.15) is 36.8 Å². The molecule has 2 aromatic rings. The van der Waals surface area contributed by atoms with Crippen LogP contribution in [0.5, 0.6) is 0 Å². The first-order chi connectivity index (χ1) is 12.1. The highest BCUT2D eigenvalue weighted by Crippen LogP contribution is 2.11. The number of ether oxygens (including phenoxy) is 1. The molecule has 0 bridgehead atoms. The zero-order chi connectivity index (χ0) is 18.0. The number of aryl methyl sites for hydroxylation is 2. The minimum Gasteiger partial charge on any atom is -0.447 e. The molecule has 2 aromatic heterocycles. The summed E-state index contributed by atoms with van der Waals surface area (Å²) in [6, 6.07) is 4.06. The number of carbonyl (C=O) groups excluding carboxylic acids is 1. The van der Waals surface area contributed by atoms with E-state index >= 15 is 0 Å². The number of carbonyl (C=O) groups is 1. The van der Waals surface area contributed by atoms with Gasteiger partial charge in [-0.2, -0.15) is 31.1 Å². The molecule has 0 unspecified atom stereocenters. The van der Waals surface area contributed by atoms with Crippen molar-refractivity contribution in [3.63, 3.8) is 0 Å². The largest absolute Gasteiger partial charge is 0.447 e. The summed E-state index contributed by atoms with van der Waals surface area (Å²) in [6.45, 7) is 0.113. The van der Waals surface area contributed by atoms with Gasteiger partial charge in [0.2, 0.25) is 5.94 Å². The van der Waals surface area contributed by atoms with Crippen LogP contribution < -0.4 is 0 Å². The zero-order valence-electron chi connectivity index (χ0n) is 13.9. The van der Waals surface area contributed by atoms with Gasteiger partial charge in [0.1, 0.15) is 0 Å². The molecule has 5 nitrogen and oxygen atoms in total. The Labute approximate surface area is 156 Å². The van der Waals surface area contributed by atoms with Crippen molar-refractivity contribution < 1.29 is 22.1 Å².